The van der Waals surface area contributed by atoms with Crippen molar-refractivity contribution in [2.75, 3.05) is 5.32 Å². The van der Waals surface area contributed by atoms with Crippen molar-refractivity contribution in [2.24, 2.45) is 5.92 Å². The molecular formula is C13H16Cl3IN2O. The predicted octanol–water partition coefficient (Wildman–Crippen LogP) is 4.56. The molecule has 0 aliphatic heterocycles. The van der Waals surface area contributed by atoms with Gasteiger partial charge in [-0.3, -0.25) is 4.79 Å². The first kappa shape index (κ1) is 18.1. The fourth-order valence-electron chi connectivity index (χ4n) is 1.52. The molecule has 112 valence electrons. The lowest BCUT2D eigenvalue weighted by Crippen LogP contribution is -2.49. The highest BCUT2D eigenvalue weighted by Crippen LogP contribution is 2.32. The van der Waals surface area contributed by atoms with Gasteiger partial charge in [0, 0.05) is 15.7 Å². The molecular weight excluding hydrogens is 433 g/mol. The molecule has 2 N–H and O–H groups in total. The number of halogens is 4. The summed E-state index contributed by atoms with van der Waals surface area (Å²) in [4.78, 5) is 11.9. The van der Waals surface area contributed by atoms with Gasteiger partial charge in [0.05, 0.1) is 0 Å². The number of carbonyl (C=O) groups excluding carboxylic acids is 1. The van der Waals surface area contributed by atoms with Gasteiger partial charge in [0.2, 0.25) is 9.70 Å². The molecule has 1 atom stereocenters. The van der Waals surface area contributed by atoms with E-state index in [1.54, 1.807) is 0 Å². The van der Waals surface area contributed by atoms with E-state index in [9.17, 15) is 4.79 Å². The summed E-state index contributed by atoms with van der Waals surface area (Å²) in [6.07, 6.45) is -0.417. The summed E-state index contributed by atoms with van der Waals surface area (Å²) < 4.78 is -0.673. The molecule has 0 spiro atoms. The first-order chi connectivity index (χ1) is 9.20. The van der Waals surface area contributed by atoms with Crippen LogP contribution in [-0.2, 0) is 4.79 Å². The van der Waals surface area contributed by atoms with Crippen LogP contribution in [-0.4, -0.2) is 15.9 Å². The minimum absolute atomic E-state index is 0.158. The first-order valence-electron chi connectivity index (χ1n) is 6.07. The maximum Gasteiger partial charge on any atom is 0.228 e. The molecule has 0 unspecified atom stereocenters. The van der Waals surface area contributed by atoms with Crippen molar-refractivity contribution in [3.05, 3.63) is 27.8 Å². The first-order valence-corrected chi connectivity index (χ1v) is 8.28. The standard InChI is InChI=1S/C13H16Cl3IN2O/c1-8(2)7-11(20)19-12(13(14,15)16)18-10-6-4-3-5-9(10)17/h3-6,8,12,18H,7H2,1-2H3,(H,19,20)/t12-/m1/s1. The number of benzene rings is 1. The third-order valence-electron chi connectivity index (χ3n) is 2.40. The zero-order valence-electron chi connectivity index (χ0n) is 11.1. The number of rotatable bonds is 5. The Bertz CT molecular complexity index is 463. The van der Waals surface area contributed by atoms with Gasteiger partial charge in [0.25, 0.3) is 0 Å². The van der Waals surface area contributed by atoms with E-state index in [-0.39, 0.29) is 11.8 Å². The number of para-hydroxylation sites is 1. The Morgan fingerprint density at radius 3 is 2.40 bits per heavy atom. The summed E-state index contributed by atoms with van der Waals surface area (Å²) in [6, 6.07) is 7.57. The molecule has 0 bridgehead atoms. The highest BCUT2D eigenvalue weighted by molar-refractivity contribution is 14.1. The predicted molar refractivity (Wildman–Crippen MR) is 94.5 cm³/mol. The summed E-state index contributed by atoms with van der Waals surface area (Å²) in [5.74, 6) is 0.0812. The van der Waals surface area contributed by atoms with E-state index in [0.717, 1.165) is 9.26 Å². The van der Waals surface area contributed by atoms with Gasteiger partial charge in [0.15, 0.2) is 0 Å². The number of hydrogen-bond donors (Lipinski definition) is 2. The number of nitrogens with one attached hydrogen (secondary N) is 2. The van der Waals surface area contributed by atoms with Crippen molar-refractivity contribution in [1.29, 1.82) is 0 Å². The van der Waals surface area contributed by atoms with Crippen LogP contribution in [0.5, 0.6) is 0 Å². The molecule has 0 heterocycles. The number of alkyl halides is 3. The Balaban J connectivity index is 2.81. The molecule has 0 radical (unpaired) electrons. The molecule has 0 saturated carbocycles. The second-order valence-electron chi connectivity index (χ2n) is 4.76. The van der Waals surface area contributed by atoms with Crippen LogP contribution in [0.15, 0.2) is 24.3 Å². The van der Waals surface area contributed by atoms with Gasteiger partial charge in [-0.05, 0) is 40.6 Å². The molecule has 7 heteroatoms. The average molecular weight is 450 g/mol. The van der Waals surface area contributed by atoms with Gasteiger partial charge in [0.1, 0.15) is 6.17 Å². The Kier molecular flexibility index (Phi) is 7.18. The van der Waals surface area contributed by atoms with Crippen LogP contribution in [0, 0.1) is 9.49 Å². The van der Waals surface area contributed by atoms with Gasteiger partial charge >= 0.3 is 0 Å². The van der Waals surface area contributed by atoms with E-state index >= 15 is 0 Å². The molecule has 1 rings (SSSR count). The maximum atomic E-state index is 11.9. The van der Waals surface area contributed by atoms with E-state index in [2.05, 4.69) is 33.2 Å². The molecule has 1 aromatic rings. The number of hydrogen-bond acceptors (Lipinski definition) is 2. The number of anilines is 1. The molecule has 0 fully saturated rings. The lowest BCUT2D eigenvalue weighted by Gasteiger charge is -2.28. The van der Waals surface area contributed by atoms with Crippen molar-refractivity contribution < 1.29 is 4.79 Å². The van der Waals surface area contributed by atoms with Crippen molar-refractivity contribution in [2.45, 2.75) is 30.2 Å². The number of carbonyl (C=O) groups is 1. The lowest BCUT2D eigenvalue weighted by molar-refractivity contribution is -0.122. The van der Waals surface area contributed by atoms with Crippen LogP contribution >= 0.6 is 57.4 Å². The molecule has 0 aromatic heterocycles. The third kappa shape index (κ3) is 6.24. The maximum absolute atomic E-state index is 11.9. The summed E-state index contributed by atoms with van der Waals surface area (Å²) in [7, 11) is 0. The van der Waals surface area contributed by atoms with Gasteiger partial charge in [-0.25, -0.2) is 0 Å². The highest BCUT2D eigenvalue weighted by atomic mass is 127. The van der Waals surface area contributed by atoms with E-state index < -0.39 is 9.96 Å². The van der Waals surface area contributed by atoms with Crippen molar-refractivity contribution in [3.8, 4) is 0 Å². The second-order valence-corrected chi connectivity index (χ2v) is 8.30. The Labute approximate surface area is 147 Å². The lowest BCUT2D eigenvalue weighted by atomic mass is 10.1. The van der Waals surface area contributed by atoms with Gasteiger partial charge in [-0.15, -0.1) is 0 Å². The normalized spacial score (nSPS) is 13.2. The van der Waals surface area contributed by atoms with E-state index in [1.165, 1.54) is 0 Å². The minimum Gasteiger partial charge on any atom is -0.361 e. The average Bonchev–Trinajstić information content (AvgIpc) is 2.28. The second kappa shape index (κ2) is 7.92. The molecule has 20 heavy (non-hydrogen) atoms. The fraction of sp³-hybridized carbons (Fsp3) is 0.462. The molecule has 1 aromatic carbocycles. The van der Waals surface area contributed by atoms with Crippen LogP contribution in [0.4, 0.5) is 5.69 Å². The highest BCUT2D eigenvalue weighted by Gasteiger charge is 2.34. The topological polar surface area (TPSA) is 41.1 Å². The Morgan fingerprint density at radius 1 is 1.30 bits per heavy atom. The van der Waals surface area contributed by atoms with Crippen LogP contribution in [0.3, 0.4) is 0 Å². The van der Waals surface area contributed by atoms with Crippen molar-refractivity contribution >= 4 is 69.0 Å². The SMILES string of the molecule is CC(C)CC(=O)N[C@@H](Nc1ccccc1I)C(Cl)(Cl)Cl. The Hall–Kier alpha value is 0.0900. The monoisotopic (exact) mass is 448 g/mol. The van der Waals surface area contributed by atoms with Gasteiger partial charge in [-0.1, -0.05) is 60.8 Å². The summed E-state index contributed by atoms with van der Waals surface area (Å²) >= 11 is 20.0. The van der Waals surface area contributed by atoms with Gasteiger partial charge in [-0.2, -0.15) is 0 Å². The molecule has 0 aliphatic rings. The minimum atomic E-state index is -1.65. The van der Waals surface area contributed by atoms with E-state index in [4.69, 9.17) is 34.8 Å². The third-order valence-corrected chi connectivity index (χ3v) is 4.00. The molecule has 0 saturated heterocycles. The van der Waals surface area contributed by atoms with Crippen LogP contribution < -0.4 is 10.6 Å². The summed E-state index contributed by atoms with van der Waals surface area (Å²) in [5, 5.41) is 5.77. The van der Waals surface area contributed by atoms with Crippen molar-refractivity contribution in [3.63, 3.8) is 0 Å². The smallest absolute Gasteiger partial charge is 0.228 e. The number of amides is 1. The quantitative estimate of drug-likeness (QED) is 0.393. The van der Waals surface area contributed by atoms with Gasteiger partial charge < -0.3 is 10.6 Å². The van der Waals surface area contributed by atoms with Crippen LogP contribution in [0.2, 0.25) is 0 Å². The summed E-state index contributed by atoms with van der Waals surface area (Å²) in [5.41, 5.74) is 0.800. The summed E-state index contributed by atoms with van der Waals surface area (Å²) in [6.45, 7) is 3.91. The molecule has 0 aliphatic carbocycles. The zero-order valence-corrected chi connectivity index (χ0v) is 15.5. The Morgan fingerprint density at radius 2 is 1.90 bits per heavy atom. The van der Waals surface area contributed by atoms with E-state index in [0.29, 0.717) is 6.42 Å². The van der Waals surface area contributed by atoms with E-state index in [1.807, 2.05) is 38.1 Å². The fourth-order valence-corrected chi connectivity index (χ4v) is 2.39. The zero-order chi connectivity index (χ0) is 15.3. The largest absolute Gasteiger partial charge is 0.361 e. The van der Waals surface area contributed by atoms with Crippen molar-refractivity contribution in [1.82, 2.24) is 5.32 Å². The van der Waals surface area contributed by atoms with Crippen LogP contribution in [0.1, 0.15) is 20.3 Å². The molecule has 3 nitrogen and oxygen atoms in total. The van der Waals surface area contributed by atoms with Crippen LogP contribution in [0.25, 0.3) is 0 Å². The molecule has 1 amide bonds.